The molecule has 1 heteroatoms. The van der Waals surface area contributed by atoms with Crippen LogP contribution in [0.15, 0.2) is 72.8 Å². The van der Waals surface area contributed by atoms with Gasteiger partial charge in [-0.05, 0) is 72.6 Å². The maximum Gasteiger partial charge on any atom is 0.118 e. The van der Waals surface area contributed by atoms with Crippen LogP contribution in [0, 0.1) is 6.07 Å². The summed E-state index contributed by atoms with van der Waals surface area (Å²) in [4.78, 5) is 0. The molecule has 0 fully saturated rings. The third kappa shape index (κ3) is 5.22. The molecule has 0 amide bonds. The molecular formula is C24H25O. The Bertz CT molecular complexity index is 760. The third-order valence-electron chi connectivity index (χ3n) is 4.62. The summed E-state index contributed by atoms with van der Waals surface area (Å²) in [6.45, 7) is 0. The van der Waals surface area contributed by atoms with E-state index in [-0.39, 0.29) is 0 Å². The van der Waals surface area contributed by atoms with Gasteiger partial charge in [-0.2, -0.15) is 0 Å². The Balaban J connectivity index is 1.56. The Hall–Kier alpha value is -2.54. The summed E-state index contributed by atoms with van der Waals surface area (Å²) in [5, 5.41) is 0. The summed E-state index contributed by atoms with van der Waals surface area (Å²) in [6.07, 6.45) is 5.50. The second-order valence-electron chi connectivity index (χ2n) is 6.36. The van der Waals surface area contributed by atoms with Crippen molar-refractivity contribution in [1.82, 2.24) is 0 Å². The van der Waals surface area contributed by atoms with Crippen molar-refractivity contribution in [3.05, 3.63) is 101 Å². The van der Waals surface area contributed by atoms with Gasteiger partial charge >= 0.3 is 0 Å². The van der Waals surface area contributed by atoms with Crippen molar-refractivity contribution in [2.24, 2.45) is 0 Å². The van der Waals surface area contributed by atoms with Crippen LogP contribution in [0.25, 0.3) is 0 Å². The monoisotopic (exact) mass is 329 g/mol. The van der Waals surface area contributed by atoms with Crippen molar-refractivity contribution >= 4 is 0 Å². The first kappa shape index (κ1) is 17.3. The number of methoxy groups -OCH3 is 1. The van der Waals surface area contributed by atoms with E-state index in [9.17, 15) is 0 Å². The van der Waals surface area contributed by atoms with E-state index in [1.165, 1.54) is 28.7 Å². The molecule has 0 spiro atoms. The molecule has 0 atom stereocenters. The van der Waals surface area contributed by atoms with Crippen molar-refractivity contribution in [2.45, 2.75) is 32.1 Å². The molecule has 3 aromatic rings. The van der Waals surface area contributed by atoms with Crippen LogP contribution in [0.5, 0.6) is 5.75 Å². The maximum atomic E-state index is 5.23. The predicted octanol–water partition coefficient (Wildman–Crippen LogP) is 5.46. The van der Waals surface area contributed by atoms with Gasteiger partial charge in [-0.1, -0.05) is 60.7 Å². The standard InChI is InChI=1S/C24H25O/c1-25-24-18-15-21(16-19-24)14-17-23-12-6-5-11-22(23)13-7-10-20-8-3-2-4-9-20/h2-6,8-9,11,15-16,18-19H,7,10,13-14,17H2,1H3. The SMILES string of the molecule is COc1ccc(CCc2[c]cccc2CCCc2ccccc2)cc1. The summed E-state index contributed by atoms with van der Waals surface area (Å²) in [7, 11) is 1.70. The Morgan fingerprint density at radius 2 is 1.48 bits per heavy atom. The van der Waals surface area contributed by atoms with Crippen LogP contribution in [0.4, 0.5) is 0 Å². The molecule has 1 radical (unpaired) electrons. The van der Waals surface area contributed by atoms with Crippen molar-refractivity contribution < 1.29 is 4.74 Å². The maximum absolute atomic E-state index is 5.23. The highest BCUT2D eigenvalue weighted by atomic mass is 16.5. The van der Waals surface area contributed by atoms with E-state index in [2.05, 4.69) is 60.7 Å². The van der Waals surface area contributed by atoms with E-state index in [1.54, 1.807) is 7.11 Å². The van der Waals surface area contributed by atoms with E-state index < -0.39 is 0 Å². The van der Waals surface area contributed by atoms with E-state index in [0.29, 0.717) is 0 Å². The fraction of sp³-hybridized carbons (Fsp3) is 0.250. The molecule has 0 aromatic heterocycles. The molecule has 0 bridgehead atoms. The minimum atomic E-state index is 0.914. The molecule has 0 N–H and O–H groups in total. The molecule has 0 unspecified atom stereocenters. The van der Waals surface area contributed by atoms with Crippen molar-refractivity contribution in [3.8, 4) is 5.75 Å². The lowest BCUT2D eigenvalue weighted by molar-refractivity contribution is 0.414. The molecule has 1 nitrogen and oxygen atoms in total. The first-order chi connectivity index (χ1) is 12.3. The number of ether oxygens (including phenoxy) is 1. The van der Waals surface area contributed by atoms with Crippen LogP contribution in [0.1, 0.15) is 28.7 Å². The second-order valence-corrected chi connectivity index (χ2v) is 6.36. The quantitative estimate of drug-likeness (QED) is 0.533. The lowest BCUT2D eigenvalue weighted by Gasteiger charge is -2.10. The molecule has 0 aliphatic heterocycles. The van der Waals surface area contributed by atoms with Crippen LogP contribution in [0.2, 0.25) is 0 Å². The Morgan fingerprint density at radius 1 is 0.720 bits per heavy atom. The lowest BCUT2D eigenvalue weighted by atomic mass is 9.96. The van der Waals surface area contributed by atoms with Crippen molar-refractivity contribution in [2.75, 3.05) is 7.11 Å². The fourth-order valence-electron chi connectivity index (χ4n) is 3.16. The van der Waals surface area contributed by atoms with Crippen molar-refractivity contribution in [1.29, 1.82) is 0 Å². The molecule has 0 saturated carbocycles. The van der Waals surface area contributed by atoms with Gasteiger partial charge in [0.1, 0.15) is 5.75 Å². The zero-order chi connectivity index (χ0) is 17.3. The topological polar surface area (TPSA) is 9.23 Å². The van der Waals surface area contributed by atoms with Crippen LogP contribution < -0.4 is 4.74 Å². The molecule has 0 heterocycles. The van der Waals surface area contributed by atoms with Gasteiger partial charge in [0.15, 0.2) is 0 Å². The smallest absolute Gasteiger partial charge is 0.118 e. The van der Waals surface area contributed by atoms with Crippen LogP contribution in [-0.2, 0) is 25.7 Å². The van der Waals surface area contributed by atoms with Crippen molar-refractivity contribution in [3.63, 3.8) is 0 Å². The van der Waals surface area contributed by atoms with Gasteiger partial charge in [0, 0.05) is 0 Å². The van der Waals surface area contributed by atoms with Gasteiger partial charge in [-0.3, -0.25) is 0 Å². The van der Waals surface area contributed by atoms with Gasteiger partial charge in [-0.25, -0.2) is 0 Å². The first-order valence-corrected chi connectivity index (χ1v) is 9.00. The van der Waals surface area contributed by atoms with Crippen LogP contribution >= 0.6 is 0 Å². The molecule has 3 aromatic carbocycles. The summed E-state index contributed by atoms with van der Waals surface area (Å²) in [6, 6.07) is 28.9. The number of hydrogen-bond donors (Lipinski definition) is 0. The first-order valence-electron chi connectivity index (χ1n) is 9.00. The zero-order valence-corrected chi connectivity index (χ0v) is 14.9. The van der Waals surface area contributed by atoms with E-state index in [4.69, 9.17) is 4.74 Å². The van der Waals surface area contributed by atoms with Gasteiger partial charge in [0.2, 0.25) is 0 Å². The predicted molar refractivity (Wildman–Crippen MR) is 104 cm³/mol. The highest BCUT2D eigenvalue weighted by Crippen LogP contribution is 2.17. The minimum absolute atomic E-state index is 0.914. The number of benzene rings is 3. The normalized spacial score (nSPS) is 10.6. The van der Waals surface area contributed by atoms with Gasteiger partial charge in [0.25, 0.3) is 0 Å². The van der Waals surface area contributed by atoms with E-state index in [0.717, 1.165) is 31.4 Å². The number of aryl methyl sites for hydroxylation is 4. The highest BCUT2D eigenvalue weighted by Gasteiger charge is 2.04. The van der Waals surface area contributed by atoms with E-state index in [1.807, 2.05) is 18.2 Å². The molecule has 0 aliphatic rings. The molecular weight excluding hydrogens is 304 g/mol. The third-order valence-corrected chi connectivity index (χ3v) is 4.62. The van der Waals surface area contributed by atoms with Crippen LogP contribution in [-0.4, -0.2) is 7.11 Å². The average Bonchev–Trinajstić information content (AvgIpc) is 2.68. The number of rotatable bonds is 8. The molecule has 3 rings (SSSR count). The molecule has 25 heavy (non-hydrogen) atoms. The summed E-state index contributed by atoms with van der Waals surface area (Å²) >= 11 is 0. The highest BCUT2D eigenvalue weighted by molar-refractivity contribution is 5.30. The fourth-order valence-corrected chi connectivity index (χ4v) is 3.16. The van der Waals surface area contributed by atoms with Gasteiger partial charge < -0.3 is 4.74 Å². The molecule has 0 saturated heterocycles. The van der Waals surface area contributed by atoms with E-state index >= 15 is 0 Å². The lowest BCUT2D eigenvalue weighted by Crippen LogP contribution is -1.99. The Morgan fingerprint density at radius 3 is 2.24 bits per heavy atom. The largest absolute Gasteiger partial charge is 0.497 e. The molecule has 0 aliphatic carbocycles. The molecule has 127 valence electrons. The Kier molecular flexibility index (Phi) is 6.28. The summed E-state index contributed by atoms with van der Waals surface area (Å²) < 4.78 is 5.23. The zero-order valence-electron chi connectivity index (χ0n) is 14.9. The number of hydrogen-bond acceptors (Lipinski definition) is 1. The van der Waals surface area contributed by atoms with Crippen LogP contribution in [0.3, 0.4) is 0 Å². The Labute approximate surface area is 151 Å². The van der Waals surface area contributed by atoms with Gasteiger partial charge in [-0.15, -0.1) is 0 Å². The minimum Gasteiger partial charge on any atom is -0.497 e. The second kappa shape index (κ2) is 9.08. The van der Waals surface area contributed by atoms with Gasteiger partial charge in [0.05, 0.1) is 7.11 Å². The summed E-state index contributed by atoms with van der Waals surface area (Å²) in [5.74, 6) is 0.914. The average molecular weight is 329 g/mol. The summed E-state index contributed by atoms with van der Waals surface area (Å²) in [5.41, 5.74) is 5.55.